The second kappa shape index (κ2) is 7.94. The number of carboxylic acids is 1. The molecule has 0 bridgehead atoms. The number of hydrogen-bond acceptors (Lipinski definition) is 4. The van der Waals surface area contributed by atoms with Crippen molar-refractivity contribution in [1.82, 2.24) is 4.57 Å². The average Bonchev–Trinajstić information content (AvgIpc) is 3.17. The highest BCUT2D eigenvalue weighted by atomic mass is 16.5. The predicted octanol–water partition coefficient (Wildman–Crippen LogP) is 4.35. The lowest BCUT2D eigenvalue weighted by Gasteiger charge is -2.09. The van der Waals surface area contributed by atoms with Crippen LogP contribution >= 0.6 is 0 Å². The third-order valence-corrected chi connectivity index (χ3v) is 4.75. The first kappa shape index (κ1) is 19.0. The van der Waals surface area contributed by atoms with Crippen LogP contribution in [-0.2, 0) is 11.4 Å². The first-order chi connectivity index (χ1) is 14.6. The maximum Gasteiger partial charge on any atom is 0.377 e. The van der Waals surface area contributed by atoms with Crippen molar-refractivity contribution in [1.29, 1.82) is 5.26 Å². The van der Waals surface area contributed by atoms with Crippen LogP contribution in [0.5, 0.6) is 5.75 Å². The molecule has 6 heteroatoms. The minimum atomic E-state index is -1.48. The van der Waals surface area contributed by atoms with Crippen molar-refractivity contribution >= 4 is 22.7 Å². The van der Waals surface area contributed by atoms with Gasteiger partial charge in [-0.2, -0.15) is 5.26 Å². The van der Waals surface area contributed by atoms with Gasteiger partial charge in [-0.1, -0.05) is 30.3 Å². The summed E-state index contributed by atoms with van der Waals surface area (Å²) in [6.45, 7) is 0.370. The minimum Gasteiger partial charge on any atom is -0.489 e. The van der Waals surface area contributed by atoms with Gasteiger partial charge in [0.1, 0.15) is 12.4 Å². The number of fused-ring (bicyclic) bond motifs is 1. The van der Waals surface area contributed by atoms with Gasteiger partial charge in [0.05, 0.1) is 22.7 Å². The number of carbonyl (C=O) groups is 2. The monoisotopic (exact) mass is 396 g/mol. The Morgan fingerprint density at radius 1 is 0.967 bits per heavy atom. The average molecular weight is 396 g/mol. The van der Waals surface area contributed by atoms with E-state index in [-0.39, 0.29) is 5.56 Å². The van der Waals surface area contributed by atoms with E-state index in [0.29, 0.717) is 23.3 Å². The van der Waals surface area contributed by atoms with Crippen LogP contribution in [0.3, 0.4) is 0 Å². The quantitative estimate of drug-likeness (QED) is 0.386. The lowest BCUT2D eigenvalue weighted by molar-refractivity contribution is -0.131. The van der Waals surface area contributed by atoms with Gasteiger partial charge in [-0.3, -0.25) is 4.79 Å². The SMILES string of the molecule is N#Cc1ccc(COc2ccc(-n3cc(C(=O)C(=O)O)c4ccccc43)cc2)cc1. The Morgan fingerprint density at radius 2 is 1.67 bits per heavy atom. The molecule has 146 valence electrons. The van der Waals surface area contributed by atoms with E-state index in [1.165, 1.54) is 0 Å². The largest absolute Gasteiger partial charge is 0.489 e. The van der Waals surface area contributed by atoms with Gasteiger partial charge < -0.3 is 14.4 Å². The Morgan fingerprint density at radius 3 is 2.33 bits per heavy atom. The topological polar surface area (TPSA) is 92.3 Å². The summed E-state index contributed by atoms with van der Waals surface area (Å²) in [6.07, 6.45) is 1.55. The van der Waals surface area contributed by atoms with Crippen LogP contribution in [-0.4, -0.2) is 21.4 Å². The smallest absolute Gasteiger partial charge is 0.377 e. The molecule has 0 aliphatic heterocycles. The first-order valence-electron chi connectivity index (χ1n) is 9.17. The summed E-state index contributed by atoms with van der Waals surface area (Å²) >= 11 is 0. The number of para-hydroxylation sites is 1. The maximum absolute atomic E-state index is 12.1. The lowest BCUT2D eigenvalue weighted by Crippen LogP contribution is -2.12. The summed E-state index contributed by atoms with van der Waals surface area (Å²) in [7, 11) is 0. The molecule has 0 spiro atoms. The molecule has 4 rings (SSSR count). The minimum absolute atomic E-state index is 0.152. The number of ketones is 1. The predicted molar refractivity (Wildman–Crippen MR) is 111 cm³/mol. The number of carboxylic acid groups (broad SMARTS) is 1. The summed E-state index contributed by atoms with van der Waals surface area (Å²) in [6, 6.07) is 23.7. The second-order valence-electron chi connectivity index (χ2n) is 6.66. The Kier molecular flexibility index (Phi) is 5.02. The van der Waals surface area contributed by atoms with Crippen LogP contribution < -0.4 is 4.74 Å². The van der Waals surface area contributed by atoms with Crippen LogP contribution in [0.2, 0.25) is 0 Å². The van der Waals surface area contributed by atoms with E-state index in [0.717, 1.165) is 16.8 Å². The molecule has 30 heavy (non-hydrogen) atoms. The summed E-state index contributed by atoms with van der Waals surface area (Å²) < 4.78 is 7.58. The van der Waals surface area contributed by atoms with Crippen molar-refractivity contribution in [2.75, 3.05) is 0 Å². The van der Waals surface area contributed by atoms with E-state index in [1.807, 2.05) is 48.5 Å². The van der Waals surface area contributed by atoms with Gasteiger partial charge in [0.2, 0.25) is 0 Å². The fourth-order valence-electron chi connectivity index (χ4n) is 3.23. The first-order valence-corrected chi connectivity index (χ1v) is 9.17. The summed E-state index contributed by atoms with van der Waals surface area (Å²) in [4.78, 5) is 23.2. The molecular weight excluding hydrogens is 380 g/mol. The van der Waals surface area contributed by atoms with Gasteiger partial charge in [-0.05, 0) is 48.0 Å². The highest BCUT2D eigenvalue weighted by Gasteiger charge is 2.21. The van der Waals surface area contributed by atoms with Gasteiger partial charge in [0.15, 0.2) is 0 Å². The zero-order chi connectivity index (χ0) is 21.1. The van der Waals surface area contributed by atoms with Crippen molar-refractivity contribution in [2.24, 2.45) is 0 Å². The molecule has 0 fully saturated rings. The molecule has 0 saturated heterocycles. The highest BCUT2D eigenvalue weighted by molar-refractivity contribution is 6.42. The Hall–Kier alpha value is -4.37. The Bertz CT molecular complexity index is 1280. The zero-order valence-corrected chi connectivity index (χ0v) is 15.8. The number of ether oxygens (including phenoxy) is 1. The molecule has 0 unspecified atom stereocenters. The van der Waals surface area contributed by atoms with Crippen molar-refractivity contribution in [3.8, 4) is 17.5 Å². The molecule has 6 nitrogen and oxygen atoms in total. The van der Waals surface area contributed by atoms with Gasteiger partial charge in [-0.25, -0.2) is 4.79 Å². The molecule has 0 aliphatic rings. The molecule has 1 aromatic heterocycles. The highest BCUT2D eigenvalue weighted by Crippen LogP contribution is 2.26. The number of aliphatic carboxylic acids is 1. The zero-order valence-electron chi connectivity index (χ0n) is 15.8. The molecule has 1 N–H and O–H groups in total. The maximum atomic E-state index is 12.1. The number of carbonyl (C=O) groups excluding carboxylic acids is 1. The van der Waals surface area contributed by atoms with Crippen LogP contribution in [0.4, 0.5) is 0 Å². The van der Waals surface area contributed by atoms with Crippen molar-refractivity contribution in [3.63, 3.8) is 0 Å². The van der Waals surface area contributed by atoms with Crippen LogP contribution in [0.15, 0.2) is 79.0 Å². The number of Topliss-reactive ketones (excluding diaryl/α,β-unsaturated/α-hetero) is 1. The number of hydrogen-bond donors (Lipinski definition) is 1. The van der Waals surface area contributed by atoms with Crippen LogP contribution in [0, 0.1) is 11.3 Å². The van der Waals surface area contributed by atoms with E-state index in [2.05, 4.69) is 6.07 Å². The van der Waals surface area contributed by atoms with Crippen molar-refractivity contribution in [3.05, 3.63) is 95.7 Å². The van der Waals surface area contributed by atoms with Gasteiger partial charge in [-0.15, -0.1) is 0 Å². The standard InChI is InChI=1S/C24H16N2O4/c25-13-16-5-7-17(8-6-16)15-30-19-11-9-18(10-12-19)26-14-21(23(27)24(28)29)20-3-1-2-4-22(20)26/h1-12,14H,15H2,(H,28,29). The number of rotatable bonds is 6. The molecule has 0 saturated carbocycles. The number of nitriles is 1. The molecule has 3 aromatic carbocycles. The summed E-state index contributed by atoms with van der Waals surface area (Å²) in [5.74, 6) is -1.75. The molecule has 4 aromatic rings. The lowest BCUT2D eigenvalue weighted by atomic mass is 10.1. The third kappa shape index (κ3) is 3.64. The van der Waals surface area contributed by atoms with E-state index in [1.54, 1.807) is 35.0 Å². The van der Waals surface area contributed by atoms with Gasteiger partial charge >= 0.3 is 5.97 Å². The Labute approximate surface area is 172 Å². The fourth-order valence-corrected chi connectivity index (χ4v) is 3.23. The van der Waals surface area contributed by atoms with Crippen molar-refractivity contribution in [2.45, 2.75) is 6.61 Å². The van der Waals surface area contributed by atoms with Crippen LogP contribution in [0.1, 0.15) is 21.5 Å². The number of aromatic nitrogens is 1. The second-order valence-corrected chi connectivity index (χ2v) is 6.66. The molecule has 1 heterocycles. The fraction of sp³-hybridized carbons (Fsp3) is 0.0417. The number of nitrogens with zero attached hydrogens (tertiary/aromatic N) is 2. The molecule has 0 radical (unpaired) electrons. The van der Waals surface area contributed by atoms with Gasteiger partial charge in [0.25, 0.3) is 5.78 Å². The van der Waals surface area contributed by atoms with Gasteiger partial charge in [0, 0.05) is 17.3 Å². The molecule has 0 amide bonds. The molecule has 0 atom stereocenters. The normalized spacial score (nSPS) is 10.5. The molecule has 0 aliphatic carbocycles. The third-order valence-electron chi connectivity index (χ3n) is 4.75. The van der Waals surface area contributed by atoms with E-state index >= 15 is 0 Å². The summed E-state index contributed by atoms with van der Waals surface area (Å²) in [5.41, 5.74) is 3.23. The van der Waals surface area contributed by atoms with Crippen molar-refractivity contribution < 1.29 is 19.4 Å². The number of benzene rings is 3. The molecular formula is C24H16N2O4. The Balaban J connectivity index is 1.58. The summed E-state index contributed by atoms with van der Waals surface area (Å²) in [5, 5.41) is 18.5. The van der Waals surface area contributed by atoms with E-state index < -0.39 is 11.8 Å². The van der Waals surface area contributed by atoms with Crippen LogP contribution in [0.25, 0.3) is 16.6 Å². The van der Waals surface area contributed by atoms with E-state index in [9.17, 15) is 9.59 Å². The van der Waals surface area contributed by atoms with E-state index in [4.69, 9.17) is 15.1 Å².